The minimum atomic E-state index is -0.718. The second-order valence-electron chi connectivity index (χ2n) is 4.22. The van der Waals surface area contributed by atoms with Crippen LogP contribution in [0, 0.1) is 11.6 Å². The van der Waals surface area contributed by atoms with E-state index in [1.54, 1.807) is 5.43 Å². The molecule has 1 unspecified atom stereocenters. The van der Waals surface area contributed by atoms with Gasteiger partial charge in [-0.3, -0.25) is 10.2 Å². The Labute approximate surface area is 119 Å². The molecule has 1 aliphatic heterocycles. The van der Waals surface area contributed by atoms with Gasteiger partial charge in [-0.2, -0.15) is 0 Å². The highest BCUT2D eigenvalue weighted by Gasteiger charge is 2.28. The number of halogens is 2. The summed E-state index contributed by atoms with van der Waals surface area (Å²) in [5.74, 6) is 2.63. The number of nitrogens with two attached hydrogens (primary N) is 2. The summed E-state index contributed by atoms with van der Waals surface area (Å²) in [5, 5.41) is 2.55. The zero-order valence-electron chi connectivity index (χ0n) is 11.3. The first-order chi connectivity index (χ1) is 9.88. The Hall–Kier alpha value is -2.42. The van der Waals surface area contributed by atoms with Gasteiger partial charge in [0.05, 0.1) is 7.11 Å². The van der Waals surface area contributed by atoms with E-state index < -0.39 is 23.6 Å². The topological polar surface area (TPSA) is 119 Å². The average Bonchev–Trinajstić information content (AvgIpc) is 2.84. The van der Waals surface area contributed by atoms with Crippen LogP contribution in [0.3, 0.4) is 0 Å². The van der Waals surface area contributed by atoms with Crippen molar-refractivity contribution in [3.05, 3.63) is 29.3 Å². The van der Waals surface area contributed by atoms with E-state index in [9.17, 15) is 18.4 Å². The van der Waals surface area contributed by atoms with Gasteiger partial charge in [0.25, 0.3) is 0 Å². The molecule has 1 heterocycles. The monoisotopic (exact) mass is 302 g/mol. The number of primary amides is 1. The number of ether oxygens (including phenoxy) is 1. The molecule has 1 fully saturated rings. The number of benzene rings is 1. The number of hydrazine groups is 1. The van der Waals surface area contributed by atoms with E-state index in [4.69, 9.17) is 4.74 Å². The van der Waals surface area contributed by atoms with Crippen molar-refractivity contribution in [3.8, 4) is 5.75 Å². The predicted octanol–water partition coefficient (Wildman–Crippen LogP) is 0.105. The lowest BCUT2D eigenvalue weighted by molar-refractivity contribution is -0.119. The highest BCUT2D eigenvalue weighted by Crippen LogP contribution is 2.30. The number of urea groups is 1. The molecule has 0 aliphatic carbocycles. The largest absolute Gasteiger partial charge is 0.497 e. The van der Waals surface area contributed by atoms with Crippen LogP contribution in [0.5, 0.6) is 5.75 Å². The van der Waals surface area contributed by atoms with E-state index >= 15 is 0 Å². The standard InChI is InChI=1S/C11H11F2NO2.CH5N3O/c1-16-7-3-8(12)11(9(13)4-7)6-2-10(15)14-5-6;2-1(5)4-3/h3-4,6H,2,5H2,1H3,(H,14,15);3H2,(H3,2,4,5). The number of amides is 3. The summed E-state index contributed by atoms with van der Waals surface area (Å²) >= 11 is 0. The summed E-state index contributed by atoms with van der Waals surface area (Å²) in [6.07, 6.45) is 0.125. The zero-order valence-corrected chi connectivity index (χ0v) is 11.3. The average molecular weight is 302 g/mol. The molecule has 0 aromatic heterocycles. The molecule has 116 valence electrons. The lowest BCUT2D eigenvalue weighted by Gasteiger charge is -2.11. The fourth-order valence-electron chi connectivity index (χ4n) is 1.88. The third-order valence-corrected chi connectivity index (χ3v) is 2.82. The van der Waals surface area contributed by atoms with E-state index in [0.717, 1.165) is 12.1 Å². The molecule has 1 aliphatic rings. The van der Waals surface area contributed by atoms with Crippen molar-refractivity contribution < 1.29 is 23.1 Å². The van der Waals surface area contributed by atoms with Crippen LogP contribution in [0.1, 0.15) is 17.9 Å². The quantitative estimate of drug-likeness (QED) is 0.352. The van der Waals surface area contributed by atoms with Crippen LogP contribution < -0.4 is 27.1 Å². The molecule has 0 saturated carbocycles. The van der Waals surface area contributed by atoms with Gasteiger partial charge in [0.1, 0.15) is 17.4 Å². The van der Waals surface area contributed by atoms with Crippen LogP contribution in [0.2, 0.25) is 0 Å². The maximum atomic E-state index is 13.6. The number of hydrogen-bond acceptors (Lipinski definition) is 4. The lowest BCUT2D eigenvalue weighted by atomic mass is 9.97. The molecule has 1 aromatic carbocycles. The molecule has 1 aromatic rings. The third kappa shape index (κ3) is 4.56. The van der Waals surface area contributed by atoms with Gasteiger partial charge in [-0.25, -0.2) is 19.4 Å². The summed E-state index contributed by atoms with van der Waals surface area (Å²) in [6.45, 7) is 0.277. The lowest BCUT2D eigenvalue weighted by Crippen LogP contribution is -2.34. The van der Waals surface area contributed by atoms with Crippen molar-refractivity contribution in [3.63, 3.8) is 0 Å². The molecule has 0 bridgehead atoms. The first-order valence-electron chi connectivity index (χ1n) is 5.94. The van der Waals surface area contributed by atoms with E-state index in [1.165, 1.54) is 7.11 Å². The van der Waals surface area contributed by atoms with Gasteiger partial charge in [-0.1, -0.05) is 0 Å². The highest BCUT2D eigenvalue weighted by atomic mass is 19.1. The normalized spacial score (nSPS) is 16.6. The maximum Gasteiger partial charge on any atom is 0.326 e. The van der Waals surface area contributed by atoms with Crippen LogP contribution in [-0.2, 0) is 4.79 Å². The number of methoxy groups -OCH3 is 1. The Bertz CT molecular complexity index is 516. The Morgan fingerprint density at radius 1 is 1.43 bits per heavy atom. The summed E-state index contributed by atoms with van der Waals surface area (Å²) in [6, 6.07) is 1.53. The van der Waals surface area contributed by atoms with E-state index in [2.05, 4.69) is 16.9 Å². The molecule has 2 rings (SSSR count). The van der Waals surface area contributed by atoms with Crippen molar-refractivity contribution in [1.82, 2.24) is 10.7 Å². The summed E-state index contributed by atoms with van der Waals surface area (Å²) in [4.78, 5) is 20.3. The van der Waals surface area contributed by atoms with Gasteiger partial charge < -0.3 is 15.8 Å². The van der Waals surface area contributed by atoms with Gasteiger partial charge in [0, 0.05) is 36.6 Å². The van der Waals surface area contributed by atoms with Gasteiger partial charge in [0.15, 0.2) is 0 Å². The van der Waals surface area contributed by atoms with E-state index in [0.29, 0.717) is 0 Å². The van der Waals surface area contributed by atoms with Crippen molar-refractivity contribution in [2.24, 2.45) is 11.6 Å². The van der Waals surface area contributed by atoms with Crippen molar-refractivity contribution in [1.29, 1.82) is 0 Å². The van der Waals surface area contributed by atoms with Gasteiger partial charge in [-0.15, -0.1) is 0 Å². The van der Waals surface area contributed by atoms with Gasteiger partial charge in [-0.05, 0) is 0 Å². The molecule has 1 atom stereocenters. The fourth-order valence-corrected chi connectivity index (χ4v) is 1.88. The van der Waals surface area contributed by atoms with Crippen LogP contribution in [0.4, 0.5) is 13.6 Å². The molecule has 21 heavy (non-hydrogen) atoms. The first kappa shape index (κ1) is 16.6. The van der Waals surface area contributed by atoms with Crippen molar-refractivity contribution in [2.45, 2.75) is 12.3 Å². The SMILES string of the molecule is COc1cc(F)c(C2CNC(=O)C2)c(F)c1.NNC(N)=O. The van der Waals surface area contributed by atoms with Crippen molar-refractivity contribution >= 4 is 11.9 Å². The van der Waals surface area contributed by atoms with E-state index in [1.807, 2.05) is 0 Å². The maximum absolute atomic E-state index is 13.6. The van der Waals surface area contributed by atoms with E-state index in [-0.39, 0.29) is 30.2 Å². The molecule has 9 heteroatoms. The molecule has 1 saturated heterocycles. The van der Waals surface area contributed by atoms with Crippen molar-refractivity contribution in [2.75, 3.05) is 13.7 Å². The summed E-state index contributed by atoms with van der Waals surface area (Å²) in [7, 11) is 1.34. The molecule has 6 N–H and O–H groups in total. The number of nitrogens with one attached hydrogen (secondary N) is 2. The Morgan fingerprint density at radius 2 is 1.95 bits per heavy atom. The highest BCUT2D eigenvalue weighted by molar-refractivity contribution is 5.79. The van der Waals surface area contributed by atoms with Gasteiger partial charge >= 0.3 is 6.03 Å². The number of hydrogen-bond donors (Lipinski definition) is 4. The van der Waals surface area contributed by atoms with Crippen LogP contribution in [-0.4, -0.2) is 25.6 Å². The summed E-state index contributed by atoms with van der Waals surface area (Å²) in [5.41, 5.74) is 6.04. The smallest absolute Gasteiger partial charge is 0.326 e. The molecule has 0 spiro atoms. The molecule has 0 radical (unpaired) electrons. The second-order valence-corrected chi connectivity index (χ2v) is 4.22. The number of carbonyl (C=O) groups excluding carboxylic acids is 2. The Kier molecular flexibility index (Phi) is 5.85. The van der Waals surface area contributed by atoms with Gasteiger partial charge in [0.2, 0.25) is 5.91 Å². The minimum Gasteiger partial charge on any atom is -0.497 e. The third-order valence-electron chi connectivity index (χ3n) is 2.82. The Morgan fingerprint density at radius 3 is 2.29 bits per heavy atom. The molecule has 3 amide bonds. The summed E-state index contributed by atoms with van der Waals surface area (Å²) < 4.78 is 32.0. The molecular formula is C12H16F2N4O3. The Balaban J connectivity index is 0.000000383. The second kappa shape index (κ2) is 7.39. The van der Waals surface area contributed by atoms with Crippen LogP contribution in [0.15, 0.2) is 12.1 Å². The number of carbonyl (C=O) groups is 2. The zero-order chi connectivity index (χ0) is 16.0. The molecule has 7 nitrogen and oxygen atoms in total. The molecular weight excluding hydrogens is 286 g/mol. The predicted molar refractivity (Wildman–Crippen MR) is 70.2 cm³/mol. The first-order valence-corrected chi connectivity index (χ1v) is 5.94. The number of rotatable bonds is 2. The minimum absolute atomic E-state index is 0.0425. The fraction of sp³-hybridized carbons (Fsp3) is 0.333. The van der Waals surface area contributed by atoms with Crippen LogP contribution in [0.25, 0.3) is 0 Å². The van der Waals surface area contributed by atoms with Crippen LogP contribution >= 0.6 is 0 Å².